The number of rotatable bonds is 9. The van der Waals surface area contributed by atoms with E-state index in [0.717, 1.165) is 18.2 Å². The maximum Gasteiger partial charge on any atom is 0.426 e. The first-order valence-corrected chi connectivity index (χ1v) is 9.66. The molecule has 0 aliphatic carbocycles. The molecule has 0 saturated heterocycles. The number of ether oxygens (including phenoxy) is 1. The van der Waals surface area contributed by atoms with E-state index in [1.807, 2.05) is 5.32 Å². The van der Waals surface area contributed by atoms with Crippen molar-refractivity contribution in [2.75, 3.05) is 25.1 Å². The molecule has 1 rings (SSSR count). The Bertz CT molecular complexity index is 769. The standard InChI is InChI=1S/C15H20ClF3N2O5S/c1-3-26-8-4-7-20-27(24,25)10-5-6-12(11(16)9-10)21-13(22)14(2,23)15(17,18)19/h5-6,9,20,23H,3-4,7-8H2,1-2H3,(H,21,22)/t14-/m1/s1. The Balaban J connectivity index is 2.86. The number of nitrogens with one attached hydrogen (secondary N) is 2. The van der Waals surface area contributed by atoms with Gasteiger partial charge < -0.3 is 15.2 Å². The Labute approximate surface area is 159 Å². The third-order valence-corrected chi connectivity index (χ3v) is 5.23. The minimum absolute atomic E-state index is 0.118. The number of hydrogen-bond acceptors (Lipinski definition) is 5. The highest BCUT2D eigenvalue weighted by molar-refractivity contribution is 7.89. The SMILES string of the molecule is CCOCCCNS(=O)(=O)c1ccc(NC(=O)[C@@](C)(O)C(F)(F)F)c(Cl)c1. The summed E-state index contributed by atoms with van der Waals surface area (Å²) in [5, 5.41) is 10.8. The Morgan fingerprint density at radius 3 is 2.48 bits per heavy atom. The van der Waals surface area contributed by atoms with Gasteiger partial charge in [-0.2, -0.15) is 13.2 Å². The zero-order chi connectivity index (χ0) is 20.9. The molecule has 154 valence electrons. The predicted octanol–water partition coefficient (Wildman–Crippen LogP) is 2.30. The molecular formula is C15H20ClF3N2O5S. The van der Waals surface area contributed by atoms with Gasteiger partial charge >= 0.3 is 6.18 Å². The average Bonchev–Trinajstić information content (AvgIpc) is 2.55. The van der Waals surface area contributed by atoms with Crippen molar-refractivity contribution in [1.29, 1.82) is 0 Å². The number of anilines is 1. The number of amides is 1. The molecule has 27 heavy (non-hydrogen) atoms. The van der Waals surface area contributed by atoms with Crippen LogP contribution >= 0.6 is 11.6 Å². The Hall–Kier alpha value is -1.40. The molecule has 0 aliphatic heterocycles. The largest absolute Gasteiger partial charge is 0.426 e. The molecule has 0 fully saturated rings. The number of benzene rings is 1. The normalized spacial score (nSPS) is 14.6. The number of alkyl halides is 3. The maximum atomic E-state index is 12.7. The van der Waals surface area contributed by atoms with Crippen molar-refractivity contribution in [2.45, 2.75) is 36.9 Å². The van der Waals surface area contributed by atoms with Gasteiger partial charge in [0, 0.05) is 19.8 Å². The topological polar surface area (TPSA) is 105 Å². The van der Waals surface area contributed by atoms with Gasteiger partial charge in [0.2, 0.25) is 15.6 Å². The van der Waals surface area contributed by atoms with Gasteiger partial charge in [-0.3, -0.25) is 4.79 Å². The molecule has 7 nitrogen and oxygen atoms in total. The van der Waals surface area contributed by atoms with Gasteiger partial charge in [0.05, 0.1) is 15.6 Å². The zero-order valence-electron chi connectivity index (χ0n) is 14.6. The number of aliphatic hydroxyl groups is 1. The van der Waals surface area contributed by atoms with E-state index in [1.54, 1.807) is 6.92 Å². The molecule has 0 saturated carbocycles. The van der Waals surface area contributed by atoms with Crippen LogP contribution in [-0.2, 0) is 19.6 Å². The Morgan fingerprint density at radius 1 is 1.33 bits per heavy atom. The van der Waals surface area contributed by atoms with E-state index in [9.17, 15) is 31.5 Å². The van der Waals surface area contributed by atoms with Crippen LogP contribution in [0.25, 0.3) is 0 Å². The molecule has 0 aliphatic rings. The third-order valence-electron chi connectivity index (χ3n) is 3.45. The molecule has 3 N–H and O–H groups in total. The smallest absolute Gasteiger partial charge is 0.382 e. The highest BCUT2D eigenvalue weighted by Crippen LogP contribution is 2.32. The minimum Gasteiger partial charge on any atom is -0.382 e. The summed E-state index contributed by atoms with van der Waals surface area (Å²) in [6.45, 7) is 3.11. The lowest BCUT2D eigenvalue weighted by Gasteiger charge is -2.25. The van der Waals surface area contributed by atoms with Crippen molar-refractivity contribution < 1.29 is 36.2 Å². The highest BCUT2D eigenvalue weighted by atomic mass is 35.5. The van der Waals surface area contributed by atoms with Crippen molar-refractivity contribution in [2.24, 2.45) is 0 Å². The lowest BCUT2D eigenvalue weighted by Crippen LogP contribution is -2.52. The van der Waals surface area contributed by atoms with Crippen LogP contribution in [-0.4, -0.2) is 51.0 Å². The van der Waals surface area contributed by atoms with E-state index in [2.05, 4.69) is 4.72 Å². The summed E-state index contributed by atoms with van der Waals surface area (Å²) >= 11 is 5.86. The van der Waals surface area contributed by atoms with Gasteiger partial charge in [-0.15, -0.1) is 0 Å². The van der Waals surface area contributed by atoms with Gasteiger partial charge in [-0.05, 0) is 38.5 Å². The van der Waals surface area contributed by atoms with E-state index in [4.69, 9.17) is 16.3 Å². The number of carbonyl (C=O) groups excluding carboxylic acids is 1. The second-order valence-corrected chi connectivity index (χ2v) is 7.79. The molecule has 1 aromatic carbocycles. The summed E-state index contributed by atoms with van der Waals surface area (Å²) in [4.78, 5) is 11.4. The van der Waals surface area contributed by atoms with E-state index in [1.165, 1.54) is 0 Å². The van der Waals surface area contributed by atoms with Crippen LogP contribution in [0.5, 0.6) is 0 Å². The molecule has 0 aromatic heterocycles. The van der Waals surface area contributed by atoms with Crippen molar-refractivity contribution in [1.82, 2.24) is 4.72 Å². The molecule has 1 atom stereocenters. The van der Waals surface area contributed by atoms with E-state index in [0.29, 0.717) is 26.6 Å². The molecule has 1 amide bonds. The minimum atomic E-state index is -5.20. The molecule has 0 radical (unpaired) electrons. The van der Waals surface area contributed by atoms with E-state index >= 15 is 0 Å². The molecule has 0 spiro atoms. The monoisotopic (exact) mass is 432 g/mol. The second-order valence-electron chi connectivity index (χ2n) is 5.61. The van der Waals surface area contributed by atoms with Crippen molar-refractivity contribution in [3.05, 3.63) is 23.2 Å². The van der Waals surface area contributed by atoms with Crippen LogP contribution in [0.4, 0.5) is 18.9 Å². The van der Waals surface area contributed by atoms with Crippen molar-refractivity contribution in [3.8, 4) is 0 Å². The van der Waals surface area contributed by atoms with Gasteiger partial charge in [0.25, 0.3) is 5.91 Å². The molecular weight excluding hydrogens is 413 g/mol. The fourth-order valence-corrected chi connectivity index (χ4v) is 3.14. The summed E-state index contributed by atoms with van der Waals surface area (Å²) in [6.07, 6.45) is -4.75. The van der Waals surface area contributed by atoms with Crippen LogP contribution in [0, 0.1) is 0 Å². The Kier molecular flexibility index (Phi) is 8.05. The first-order valence-electron chi connectivity index (χ1n) is 7.80. The van der Waals surface area contributed by atoms with Gasteiger partial charge in [-0.1, -0.05) is 11.6 Å². The van der Waals surface area contributed by atoms with Crippen LogP contribution in [0.15, 0.2) is 23.1 Å². The van der Waals surface area contributed by atoms with Crippen LogP contribution < -0.4 is 10.0 Å². The fourth-order valence-electron chi connectivity index (χ4n) is 1.75. The first kappa shape index (κ1) is 23.6. The quantitative estimate of drug-likeness (QED) is 0.519. The first-order chi connectivity index (χ1) is 12.3. The molecule has 0 unspecified atom stereocenters. The molecule has 0 heterocycles. The summed E-state index contributed by atoms with van der Waals surface area (Å²) < 4.78 is 69.7. The zero-order valence-corrected chi connectivity index (χ0v) is 16.1. The lowest BCUT2D eigenvalue weighted by molar-refractivity contribution is -0.242. The highest BCUT2D eigenvalue weighted by Gasteiger charge is 2.55. The number of carbonyl (C=O) groups is 1. The molecule has 1 aromatic rings. The van der Waals surface area contributed by atoms with Gasteiger partial charge in [0.1, 0.15) is 0 Å². The van der Waals surface area contributed by atoms with Crippen molar-refractivity contribution >= 4 is 33.2 Å². The fraction of sp³-hybridized carbons (Fsp3) is 0.533. The molecule has 12 heteroatoms. The average molecular weight is 433 g/mol. The lowest BCUT2D eigenvalue weighted by atomic mass is 10.1. The second kappa shape index (κ2) is 9.20. The predicted molar refractivity (Wildman–Crippen MR) is 93.1 cm³/mol. The van der Waals surface area contributed by atoms with Crippen LogP contribution in [0.2, 0.25) is 5.02 Å². The summed E-state index contributed by atoms with van der Waals surface area (Å²) in [6, 6.07) is 3.07. The van der Waals surface area contributed by atoms with Crippen LogP contribution in [0.1, 0.15) is 20.3 Å². The summed E-state index contributed by atoms with van der Waals surface area (Å²) in [5.74, 6) is -1.75. The molecule has 0 bridgehead atoms. The van der Waals surface area contributed by atoms with Gasteiger partial charge in [0.15, 0.2) is 0 Å². The Morgan fingerprint density at radius 2 is 1.96 bits per heavy atom. The van der Waals surface area contributed by atoms with Crippen molar-refractivity contribution in [3.63, 3.8) is 0 Å². The summed E-state index contributed by atoms with van der Waals surface area (Å²) in [7, 11) is -3.90. The number of sulfonamides is 1. The van der Waals surface area contributed by atoms with E-state index in [-0.39, 0.29) is 22.2 Å². The number of hydrogen-bond donors (Lipinski definition) is 3. The maximum absolute atomic E-state index is 12.7. The van der Waals surface area contributed by atoms with Crippen LogP contribution in [0.3, 0.4) is 0 Å². The summed E-state index contributed by atoms with van der Waals surface area (Å²) in [5.41, 5.74) is -3.91. The van der Waals surface area contributed by atoms with E-state index < -0.39 is 27.7 Å². The number of halogens is 4. The van der Waals surface area contributed by atoms with Gasteiger partial charge in [-0.25, -0.2) is 13.1 Å². The third kappa shape index (κ3) is 6.32.